The van der Waals surface area contributed by atoms with Gasteiger partial charge in [-0.25, -0.2) is 17.6 Å². The fraction of sp³-hybridized carbons (Fsp3) is 0.0303. The molecule has 4 N–H and O–H groups in total. The first-order chi connectivity index (χ1) is 22.3. The van der Waals surface area contributed by atoms with Crippen molar-refractivity contribution in [3.05, 3.63) is 150 Å². The fourth-order valence-electron chi connectivity index (χ4n) is 4.56. The number of pyridine rings is 2. The average Bonchev–Trinajstić information content (AvgIpc) is 3.02. The second-order valence-electron chi connectivity index (χ2n) is 10.0. The van der Waals surface area contributed by atoms with Gasteiger partial charge in [0.1, 0.15) is 17.2 Å². The third-order valence-corrected chi connectivity index (χ3v) is 7.56. The molecular formula is C33H20Cl2F4N4O4. The number of fused-ring (bicyclic) bond motifs is 2. The molecule has 0 saturated carbocycles. The summed E-state index contributed by atoms with van der Waals surface area (Å²) in [5.74, 6) is -6.31. The van der Waals surface area contributed by atoms with Crippen LogP contribution in [0.2, 0.25) is 10.0 Å². The number of hydrogen-bond acceptors (Lipinski definition) is 4. The van der Waals surface area contributed by atoms with Crippen molar-refractivity contribution in [3.63, 3.8) is 0 Å². The summed E-state index contributed by atoms with van der Waals surface area (Å²) in [6.45, 7) is 1.72. The van der Waals surface area contributed by atoms with E-state index in [1.54, 1.807) is 25.1 Å². The first-order valence-corrected chi connectivity index (χ1v) is 14.2. The summed E-state index contributed by atoms with van der Waals surface area (Å²) >= 11 is 12.1. The highest BCUT2D eigenvalue weighted by Gasteiger charge is 2.22. The summed E-state index contributed by atoms with van der Waals surface area (Å²) in [5, 5.41) is 6.91. The van der Waals surface area contributed by atoms with Gasteiger partial charge in [0, 0.05) is 28.7 Å². The van der Waals surface area contributed by atoms with Crippen LogP contribution in [0, 0.1) is 30.2 Å². The number of halogens is 6. The number of hydrogen-bond donors (Lipinski definition) is 4. The van der Waals surface area contributed by atoms with Crippen molar-refractivity contribution in [2.75, 3.05) is 10.6 Å². The van der Waals surface area contributed by atoms with Crippen molar-refractivity contribution in [2.45, 2.75) is 6.92 Å². The first-order valence-electron chi connectivity index (χ1n) is 13.5. The number of aryl methyl sites for hydroxylation is 1. The van der Waals surface area contributed by atoms with E-state index in [4.69, 9.17) is 23.2 Å². The smallest absolute Gasteiger partial charge is 0.261 e. The van der Waals surface area contributed by atoms with E-state index in [9.17, 15) is 36.7 Å². The Balaban J connectivity index is 0.000000185. The molecule has 0 fully saturated rings. The Hall–Kier alpha value is -5.46. The summed E-state index contributed by atoms with van der Waals surface area (Å²) in [4.78, 5) is 52.8. The van der Waals surface area contributed by atoms with E-state index in [-0.39, 0.29) is 37.8 Å². The molecule has 238 valence electrons. The van der Waals surface area contributed by atoms with Crippen LogP contribution < -0.4 is 21.8 Å². The topological polar surface area (TPSA) is 124 Å². The zero-order valence-electron chi connectivity index (χ0n) is 23.9. The molecule has 0 unspecified atom stereocenters. The quantitative estimate of drug-likeness (QED) is 0.112. The van der Waals surface area contributed by atoms with Gasteiger partial charge in [0.2, 0.25) is 0 Å². The third kappa shape index (κ3) is 7.03. The Morgan fingerprint density at radius 1 is 0.660 bits per heavy atom. The van der Waals surface area contributed by atoms with Gasteiger partial charge in [0.25, 0.3) is 22.9 Å². The molecule has 47 heavy (non-hydrogen) atoms. The van der Waals surface area contributed by atoms with Crippen molar-refractivity contribution in [1.82, 2.24) is 9.97 Å². The number of carbonyl (C=O) groups is 2. The average molecular weight is 683 g/mol. The Morgan fingerprint density at radius 2 is 1.17 bits per heavy atom. The van der Waals surface area contributed by atoms with Gasteiger partial charge in [-0.3, -0.25) is 19.2 Å². The first kappa shape index (κ1) is 32.9. The van der Waals surface area contributed by atoms with Gasteiger partial charge in [-0.15, -0.1) is 0 Å². The van der Waals surface area contributed by atoms with Crippen molar-refractivity contribution in [3.8, 4) is 0 Å². The summed E-state index contributed by atoms with van der Waals surface area (Å²) < 4.78 is 53.9. The highest BCUT2D eigenvalue weighted by Crippen LogP contribution is 2.29. The van der Waals surface area contributed by atoms with E-state index < -0.39 is 40.6 Å². The summed E-state index contributed by atoms with van der Waals surface area (Å²) in [6.07, 6.45) is 2.91. The molecule has 0 aliphatic heterocycles. The molecule has 0 aliphatic carbocycles. The van der Waals surface area contributed by atoms with Gasteiger partial charge < -0.3 is 20.6 Å². The number of amides is 2. The van der Waals surface area contributed by atoms with E-state index in [0.717, 1.165) is 0 Å². The molecule has 2 amide bonds. The number of H-pyrrole nitrogens is 2. The van der Waals surface area contributed by atoms with Gasteiger partial charge in [-0.05, 0) is 83.9 Å². The van der Waals surface area contributed by atoms with Crippen LogP contribution in [0.4, 0.5) is 28.9 Å². The molecule has 6 aromatic rings. The number of nitrogens with one attached hydrogen (secondary N) is 4. The predicted molar refractivity (Wildman–Crippen MR) is 173 cm³/mol. The van der Waals surface area contributed by atoms with Crippen LogP contribution in [0.15, 0.2) is 88.7 Å². The molecule has 0 bridgehead atoms. The maximum Gasteiger partial charge on any atom is 0.261 e. The molecule has 2 heterocycles. The van der Waals surface area contributed by atoms with Crippen LogP contribution in [-0.4, -0.2) is 21.8 Å². The Kier molecular flexibility index (Phi) is 9.45. The lowest BCUT2D eigenvalue weighted by Crippen LogP contribution is -2.17. The molecule has 0 saturated heterocycles. The SMILES string of the molecule is Cc1ccc(F)cc1C(=O)Nc1cc2cc[nH]c(=O)c2cc1Cl.O=C(Nc1cc2cc[nH]c(=O)c2cc1Cl)c1c(F)ccc(F)c1F. The minimum atomic E-state index is -1.60. The number of carbonyl (C=O) groups excluding carboxylic acids is 2. The van der Waals surface area contributed by atoms with Gasteiger partial charge in [0.05, 0.1) is 21.4 Å². The molecule has 0 aliphatic rings. The van der Waals surface area contributed by atoms with E-state index in [2.05, 4.69) is 20.6 Å². The van der Waals surface area contributed by atoms with Crippen LogP contribution in [0.5, 0.6) is 0 Å². The number of aromatic amines is 2. The molecule has 2 aromatic heterocycles. The summed E-state index contributed by atoms with van der Waals surface area (Å²) in [5.41, 5.74) is -0.430. The largest absolute Gasteiger partial charge is 0.329 e. The maximum atomic E-state index is 13.7. The third-order valence-electron chi connectivity index (χ3n) is 6.93. The Bertz CT molecular complexity index is 2340. The van der Waals surface area contributed by atoms with Crippen LogP contribution in [0.25, 0.3) is 21.5 Å². The second-order valence-corrected chi connectivity index (χ2v) is 10.9. The minimum absolute atomic E-state index is 0.00947. The lowest BCUT2D eigenvalue weighted by atomic mass is 10.1. The summed E-state index contributed by atoms with van der Waals surface area (Å²) in [7, 11) is 0. The van der Waals surface area contributed by atoms with E-state index in [0.29, 0.717) is 39.5 Å². The molecule has 0 atom stereocenters. The Morgan fingerprint density at radius 3 is 1.72 bits per heavy atom. The molecule has 4 aromatic carbocycles. The number of anilines is 2. The standard InChI is InChI=1S/C17H12ClFN2O2.C16H8ClF3N2O2/c1-9-2-3-11(19)7-12(9)17(23)21-15-6-10-4-5-20-16(22)13(10)8-14(15)18;17-9-6-8-7(3-4-21-15(8)23)5-12(9)22-16(24)13-10(18)1-2-11(19)14(13)20/h2-8H,1H3,(H,20,22)(H,21,23);1-6H,(H,21,23)(H,22,24). The van der Waals surface area contributed by atoms with Crippen molar-refractivity contribution < 1.29 is 27.2 Å². The number of rotatable bonds is 4. The zero-order valence-corrected chi connectivity index (χ0v) is 25.4. The molecule has 8 nitrogen and oxygen atoms in total. The lowest BCUT2D eigenvalue weighted by Gasteiger charge is -2.10. The second kappa shape index (κ2) is 13.5. The van der Waals surface area contributed by atoms with E-state index >= 15 is 0 Å². The van der Waals surface area contributed by atoms with Crippen LogP contribution >= 0.6 is 23.2 Å². The predicted octanol–water partition coefficient (Wildman–Crippen LogP) is 7.73. The fourth-order valence-corrected chi connectivity index (χ4v) is 4.98. The molecule has 0 radical (unpaired) electrons. The Labute approximate surface area is 272 Å². The molecular weight excluding hydrogens is 663 g/mol. The maximum absolute atomic E-state index is 13.7. The highest BCUT2D eigenvalue weighted by atomic mass is 35.5. The molecule has 6 rings (SSSR count). The van der Waals surface area contributed by atoms with E-state index in [1.165, 1.54) is 48.8 Å². The van der Waals surface area contributed by atoms with Crippen molar-refractivity contribution >= 4 is 67.9 Å². The van der Waals surface area contributed by atoms with Gasteiger partial charge in [-0.2, -0.15) is 0 Å². The normalized spacial score (nSPS) is 10.8. The van der Waals surface area contributed by atoms with Crippen LogP contribution in [0.3, 0.4) is 0 Å². The zero-order chi connectivity index (χ0) is 34.0. The number of benzene rings is 4. The minimum Gasteiger partial charge on any atom is -0.329 e. The highest BCUT2D eigenvalue weighted by molar-refractivity contribution is 6.35. The number of aromatic nitrogens is 2. The molecule has 14 heteroatoms. The van der Waals surface area contributed by atoms with Gasteiger partial charge in [0.15, 0.2) is 11.6 Å². The molecule has 0 spiro atoms. The lowest BCUT2D eigenvalue weighted by molar-refractivity contribution is 0.101. The van der Waals surface area contributed by atoms with Crippen LogP contribution in [-0.2, 0) is 0 Å². The monoisotopic (exact) mass is 682 g/mol. The van der Waals surface area contributed by atoms with Gasteiger partial charge in [-0.1, -0.05) is 29.3 Å². The summed E-state index contributed by atoms with van der Waals surface area (Å²) in [6, 6.07) is 14.3. The van der Waals surface area contributed by atoms with Crippen molar-refractivity contribution in [2.24, 2.45) is 0 Å². The van der Waals surface area contributed by atoms with E-state index in [1.807, 2.05) is 0 Å². The van der Waals surface area contributed by atoms with Crippen LogP contribution in [0.1, 0.15) is 26.3 Å². The van der Waals surface area contributed by atoms with Crippen molar-refractivity contribution in [1.29, 1.82) is 0 Å². The van der Waals surface area contributed by atoms with Gasteiger partial charge >= 0.3 is 0 Å².